The molecule has 0 radical (unpaired) electrons. The Balaban J connectivity index is 1.43. The number of carbonyl (C=O) groups is 1. The zero-order valence-electron chi connectivity index (χ0n) is 15.4. The van der Waals surface area contributed by atoms with Gasteiger partial charge in [0.25, 0.3) is 0 Å². The average molecular weight is 430 g/mol. The fourth-order valence-corrected chi connectivity index (χ4v) is 2.79. The van der Waals surface area contributed by atoms with Crippen molar-refractivity contribution < 1.29 is 27.4 Å². The van der Waals surface area contributed by atoms with Crippen LogP contribution in [0, 0.1) is 11.8 Å². The number of carbonyl (C=O) groups excluding carboxylic acids is 1. The van der Waals surface area contributed by atoms with Crippen LogP contribution in [0.25, 0.3) is 0 Å². The van der Waals surface area contributed by atoms with Gasteiger partial charge in [-0.1, -0.05) is 11.6 Å². The van der Waals surface area contributed by atoms with Crippen LogP contribution in [0.2, 0.25) is 5.02 Å². The molecule has 2 aromatic rings. The quantitative estimate of drug-likeness (QED) is 0.687. The third-order valence-corrected chi connectivity index (χ3v) is 4.62. The summed E-state index contributed by atoms with van der Waals surface area (Å²) >= 11 is 5.82. The molecule has 1 heterocycles. The van der Waals surface area contributed by atoms with Gasteiger partial charge < -0.3 is 14.8 Å². The lowest BCUT2D eigenvalue weighted by Gasteiger charge is -2.14. The Kier molecular flexibility index (Phi) is 6.46. The minimum absolute atomic E-state index is 0.124. The summed E-state index contributed by atoms with van der Waals surface area (Å²) in [6.07, 6.45) is -1.34. The molecular weight excluding hydrogens is 411 g/mol. The topological polar surface area (TPSA) is 73.3 Å². The van der Waals surface area contributed by atoms with Crippen LogP contribution in [0.4, 0.5) is 13.2 Å². The van der Waals surface area contributed by atoms with Crippen LogP contribution in [0.5, 0.6) is 11.6 Å². The number of hydrogen-bond acceptors (Lipinski definition) is 5. The molecule has 1 saturated carbocycles. The smallest absolute Gasteiger partial charge is 0.422 e. The lowest BCUT2D eigenvalue weighted by Crippen LogP contribution is -2.29. The zero-order chi connectivity index (χ0) is 21.0. The molecule has 156 valence electrons. The van der Waals surface area contributed by atoms with Crippen molar-refractivity contribution in [2.45, 2.75) is 25.6 Å². The van der Waals surface area contributed by atoms with Gasteiger partial charge in [-0.25, -0.2) is 4.98 Å². The van der Waals surface area contributed by atoms with Gasteiger partial charge in [0.1, 0.15) is 5.75 Å². The molecule has 0 bridgehead atoms. The van der Waals surface area contributed by atoms with Crippen molar-refractivity contribution in [2.24, 2.45) is 11.8 Å². The summed E-state index contributed by atoms with van der Waals surface area (Å²) in [6.45, 7) is 0.716. The molecular formula is C19H19ClF3N3O3. The maximum Gasteiger partial charge on any atom is 0.422 e. The first-order valence-electron chi connectivity index (χ1n) is 8.91. The molecule has 0 aliphatic heterocycles. The number of benzene rings is 1. The first kappa shape index (κ1) is 21.2. The maximum atomic E-state index is 12.4. The summed E-state index contributed by atoms with van der Waals surface area (Å²) in [7, 11) is 0. The zero-order valence-corrected chi connectivity index (χ0v) is 16.2. The van der Waals surface area contributed by atoms with Crippen LogP contribution in [-0.4, -0.2) is 35.3 Å². The predicted molar refractivity (Wildman–Crippen MR) is 98.7 cm³/mol. The number of halogens is 4. The highest BCUT2D eigenvalue weighted by atomic mass is 35.5. The van der Waals surface area contributed by atoms with E-state index in [0.29, 0.717) is 23.1 Å². The second-order valence-corrected chi connectivity index (χ2v) is 7.22. The van der Waals surface area contributed by atoms with Crippen molar-refractivity contribution >= 4 is 17.5 Å². The molecule has 3 rings (SSSR count). The van der Waals surface area contributed by atoms with Gasteiger partial charge in [-0.3, -0.25) is 9.78 Å². The Labute approximate surface area is 170 Å². The monoisotopic (exact) mass is 429 g/mol. The molecule has 3 atom stereocenters. The molecule has 1 unspecified atom stereocenters. The fraction of sp³-hybridized carbons (Fsp3) is 0.421. The van der Waals surface area contributed by atoms with Gasteiger partial charge in [0.2, 0.25) is 11.8 Å². The van der Waals surface area contributed by atoms with Crippen LogP contribution in [0.1, 0.15) is 25.1 Å². The Morgan fingerprint density at radius 2 is 1.97 bits per heavy atom. The number of nitrogens with one attached hydrogen (secondary N) is 1. The van der Waals surface area contributed by atoms with Gasteiger partial charge in [0.05, 0.1) is 30.7 Å². The predicted octanol–water partition coefficient (Wildman–Crippen LogP) is 3.96. The van der Waals surface area contributed by atoms with Crippen molar-refractivity contribution in [2.75, 3.05) is 13.2 Å². The van der Waals surface area contributed by atoms with E-state index in [2.05, 4.69) is 20.0 Å². The summed E-state index contributed by atoms with van der Waals surface area (Å²) in [4.78, 5) is 20.2. The van der Waals surface area contributed by atoms with E-state index in [1.54, 1.807) is 31.2 Å². The molecule has 1 aromatic carbocycles. The summed E-state index contributed by atoms with van der Waals surface area (Å²) in [5.74, 6) is 0.318. The normalized spacial score (nSPS) is 19.3. The lowest BCUT2D eigenvalue weighted by molar-refractivity contribution is -0.154. The van der Waals surface area contributed by atoms with Gasteiger partial charge in [-0.2, -0.15) is 13.2 Å². The van der Waals surface area contributed by atoms with Crippen molar-refractivity contribution in [3.63, 3.8) is 0 Å². The Morgan fingerprint density at radius 3 is 2.59 bits per heavy atom. The van der Waals surface area contributed by atoms with Gasteiger partial charge in [0, 0.05) is 16.9 Å². The Hall–Kier alpha value is -2.55. The second-order valence-electron chi connectivity index (χ2n) is 6.78. The third-order valence-electron chi connectivity index (χ3n) is 4.37. The highest BCUT2D eigenvalue weighted by Crippen LogP contribution is 2.39. The Bertz CT molecular complexity index is 831. The van der Waals surface area contributed by atoms with E-state index in [1.807, 2.05) is 0 Å². The summed E-state index contributed by atoms with van der Waals surface area (Å²) < 4.78 is 46.6. The van der Waals surface area contributed by atoms with E-state index in [4.69, 9.17) is 16.3 Å². The van der Waals surface area contributed by atoms with Crippen LogP contribution >= 0.6 is 11.6 Å². The standard InChI is InChI=1S/C19H19ClF3N3O3/c1-11(16-7-25-17(8-24-16)29-10-19(21,22)23)26-18(27)15-6-12(15)9-28-14-4-2-13(20)3-5-14/h2-5,7-8,11-12,15H,6,9-10H2,1H3,(H,26,27)/t11?,12-,15+/m0/s1. The number of amides is 1. The summed E-state index contributed by atoms with van der Waals surface area (Å²) in [6, 6.07) is 6.56. The number of rotatable bonds is 8. The van der Waals surface area contributed by atoms with E-state index in [0.717, 1.165) is 12.6 Å². The first-order chi connectivity index (χ1) is 13.7. The molecule has 1 aromatic heterocycles. The molecule has 1 aliphatic carbocycles. The summed E-state index contributed by atoms with van der Waals surface area (Å²) in [5, 5.41) is 3.46. The minimum atomic E-state index is -4.44. The third kappa shape index (κ3) is 6.49. The maximum absolute atomic E-state index is 12.4. The lowest BCUT2D eigenvalue weighted by atomic mass is 10.2. The van der Waals surface area contributed by atoms with E-state index in [-0.39, 0.29) is 23.6 Å². The molecule has 0 saturated heterocycles. The van der Waals surface area contributed by atoms with Crippen LogP contribution in [0.3, 0.4) is 0 Å². The van der Waals surface area contributed by atoms with Gasteiger partial charge in [-0.15, -0.1) is 0 Å². The molecule has 1 fully saturated rings. The minimum Gasteiger partial charge on any atom is -0.493 e. The SMILES string of the molecule is CC(NC(=O)[C@@H]1C[C@H]1COc1ccc(Cl)cc1)c1cnc(OCC(F)(F)F)cn1. The average Bonchev–Trinajstić information content (AvgIpc) is 3.45. The number of ether oxygens (including phenoxy) is 2. The van der Waals surface area contributed by atoms with E-state index in [1.165, 1.54) is 6.20 Å². The van der Waals surface area contributed by atoms with Crippen LogP contribution in [-0.2, 0) is 4.79 Å². The van der Waals surface area contributed by atoms with E-state index in [9.17, 15) is 18.0 Å². The van der Waals surface area contributed by atoms with Crippen LogP contribution < -0.4 is 14.8 Å². The van der Waals surface area contributed by atoms with Crippen molar-refractivity contribution in [1.82, 2.24) is 15.3 Å². The molecule has 10 heteroatoms. The van der Waals surface area contributed by atoms with Crippen LogP contribution in [0.15, 0.2) is 36.7 Å². The van der Waals surface area contributed by atoms with Crippen molar-refractivity contribution in [3.05, 3.63) is 47.4 Å². The van der Waals surface area contributed by atoms with Crippen molar-refractivity contribution in [1.29, 1.82) is 0 Å². The Morgan fingerprint density at radius 1 is 1.24 bits per heavy atom. The summed E-state index contributed by atoms with van der Waals surface area (Å²) in [5.41, 5.74) is 0.423. The largest absolute Gasteiger partial charge is 0.493 e. The molecule has 1 N–H and O–H groups in total. The van der Waals surface area contributed by atoms with Gasteiger partial charge >= 0.3 is 6.18 Å². The fourth-order valence-electron chi connectivity index (χ4n) is 2.66. The molecule has 29 heavy (non-hydrogen) atoms. The highest BCUT2D eigenvalue weighted by Gasteiger charge is 2.43. The first-order valence-corrected chi connectivity index (χ1v) is 9.29. The van der Waals surface area contributed by atoms with E-state index >= 15 is 0 Å². The number of alkyl halides is 3. The molecule has 1 aliphatic rings. The number of nitrogens with zero attached hydrogens (tertiary/aromatic N) is 2. The van der Waals surface area contributed by atoms with Gasteiger partial charge in [0.15, 0.2) is 6.61 Å². The second kappa shape index (κ2) is 8.86. The van der Waals surface area contributed by atoms with E-state index < -0.39 is 18.8 Å². The molecule has 1 amide bonds. The molecule has 6 nitrogen and oxygen atoms in total. The number of hydrogen-bond donors (Lipinski definition) is 1. The molecule has 0 spiro atoms. The van der Waals surface area contributed by atoms with Crippen molar-refractivity contribution in [3.8, 4) is 11.6 Å². The number of aromatic nitrogens is 2. The highest BCUT2D eigenvalue weighted by molar-refractivity contribution is 6.30. The van der Waals surface area contributed by atoms with Gasteiger partial charge in [-0.05, 0) is 37.6 Å².